The van der Waals surface area contributed by atoms with Gasteiger partial charge in [-0.1, -0.05) is 26.0 Å². The molecule has 2 heterocycles. The van der Waals surface area contributed by atoms with E-state index < -0.39 is 11.2 Å². The lowest BCUT2D eigenvalue weighted by molar-refractivity contribution is 0.596. The minimum absolute atomic E-state index is 0.201. The Bertz CT molecular complexity index is 862. The van der Waals surface area contributed by atoms with Crippen LogP contribution < -0.4 is 21.9 Å². The van der Waals surface area contributed by atoms with Crippen LogP contribution in [0.3, 0.4) is 0 Å². The van der Waals surface area contributed by atoms with Gasteiger partial charge in [0, 0.05) is 7.05 Å². The number of nitrogens with zero attached hydrogens (tertiary/aromatic N) is 3. The Morgan fingerprint density at radius 1 is 1.16 bits per heavy atom. The molecule has 0 saturated carbocycles. The average molecular weight is 258 g/mol. The van der Waals surface area contributed by atoms with Crippen molar-refractivity contribution < 1.29 is 0 Å². The predicted molar refractivity (Wildman–Crippen MR) is 71.0 cm³/mol. The number of nitrogens with one attached hydrogen (secondary N) is 1. The average Bonchev–Trinajstić information content (AvgIpc) is 2.34. The minimum Gasteiger partial charge on any atom is -0.326 e. The molecule has 0 aromatic rings. The lowest BCUT2D eigenvalue weighted by Crippen LogP contribution is -2.45. The molecular formula is C13H14N4O2. The van der Waals surface area contributed by atoms with E-state index in [0.717, 1.165) is 10.7 Å². The molecule has 0 spiro atoms. The van der Waals surface area contributed by atoms with E-state index in [1.165, 1.54) is 0 Å². The number of hydrogen-bond donors (Lipinski definition) is 1. The van der Waals surface area contributed by atoms with Crippen molar-refractivity contribution in [2.24, 2.45) is 18.9 Å². The van der Waals surface area contributed by atoms with Gasteiger partial charge in [-0.2, -0.15) is 4.98 Å². The first-order valence-electron chi connectivity index (χ1n) is 6.18. The van der Waals surface area contributed by atoms with Gasteiger partial charge in [-0.15, -0.1) is 0 Å². The predicted octanol–water partition coefficient (Wildman–Crippen LogP) is -1.18. The van der Waals surface area contributed by atoms with Crippen LogP contribution in [-0.2, 0) is 7.05 Å². The summed E-state index contributed by atoms with van der Waals surface area (Å²) in [7, 11) is 1.79. The third-order valence-electron chi connectivity index (χ3n) is 3.70. The van der Waals surface area contributed by atoms with Crippen LogP contribution in [0.15, 0.2) is 9.59 Å². The van der Waals surface area contributed by atoms with E-state index in [1.54, 1.807) is 11.6 Å². The van der Waals surface area contributed by atoms with Crippen LogP contribution in [0.25, 0.3) is 23.7 Å². The van der Waals surface area contributed by atoms with Crippen molar-refractivity contribution in [3.63, 3.8) is 0 Å². The van der Waals surface area contributed by atoms with Gasteiger partial charge in [0.1, 0.15) is 0 Å². The van der Waals surface area contributed by atoms with Crippen LogP contribution in [0.5, 0.6) is 0 Å². The van der Waals surface area contributed by atoms with Gasteiger partial charge in [0.2, 0.25) is 0 Å². The molecule has 0 saturated heterocycles. The highest BCUT2D eigenvalue weighted by molar-refractivity contribution is 5.51. The number of aromatic nitrogens is 4. The van der Waals surface area contributed by atoms with Gasteiger partial charge < -0.3 is 4.57 Å². The molecular weight excluding hydrogens is 244 g/mol. The molecule has 3 aliphatic rings. The molecule has 0 amide bonds. The number of H-pyrrole nitrogens is 1. The van der Waals surface area contributed by atoms with Crippen molar-refractivity contribution in [2.45, 2.75) is 13.8 Å². The van der Waals surface area contributed by atoms with E-state index in [1.807, 2.05) is 6.08 Å². The van der Waals surface area contributed by atoms with Gasteiger partial charge in [-0.25, -0.2) is 9.78 Å². The maximum atomic E-state index is 11.8. The minimum atomic E-state index is -0.643. The van der Waals surface area contributed by atoms with E-state index in [9.17, 15) is 9.59 Å². The van der Waals surface area contributed by atoms with Gasteiger partial charge in [0.15, 0.2) is 11.5 Å². The van der Waals surface area contributed by atoms with Crippen LogP contribution >= 0.6 is 0 Å². The molecule has 0 bridgehead atoms. The van der Waals surface area contributed by atoms with E-state index in [0.29, 0.717) is 17.7 Å². The van der Waals surface area contributed by atoms with E-state index in [2.05, 4.69) is 34.9 Å². The maximum Gasteiger partial charge on any atom is 0.349 e. The molecule has 1 N–H and O–H groups in total. The molecule has 6 heteroatoms. The summed E-state index contributed by atoms with van der Waals surface area (Å²) in [6.07, 6.45) is 4.14. The highest BCUT2D eigenvalue weighted by atomic mass is 16.2. The topological polar surface area (TPSA) is 80.6 Å². The fraction of sp³-hybridized carbons (Fsp3) is 0.385. The third-order valence-corrected chi connectivity index (χ3v) is 3.70. The van der Waals surface area contributed by atoms with Crippen LogP contribution in [0.4, 0.5) is 0 Å². The van der Waals surface area contributed by atoms with Crippen molar-refractivity contribution >= 4 is 12.2 Å². The first-order valence-corrected chi connectivity index (χ1v) is 6.18. The second kappa shape index (κ2) is 3.88. The van der Waals surface area contributed by atoms with Gasteiger partial charge in [0.25, 0.3) is 5.56 Å². The number of aromatic amines is 1. The fourth-order valence-electron chi connectivity index (χ4n) is 2.35. The molecule has 2 unspecified atom stereocenters. The SMILES string of the molecule is CC1C=c2nc3c(=O)[nH]c(=O)nc-3n(C)c2=CC1C. The fourth-order valence-corrected chi connectivity index (χ4v) is 2.35. The number of rotatable bonds is 0. The van der Waals surface area contributed by atoms with E-state index >= 15 is 0 Å². The second-order valence-corrected chi connectivity index (χ2v) is 5.04. The first kappa shape index (κ1) is 11.8. The number of fused-ring (bicyclic) bond motifs is 2. The zero-order chi connectivity index (χ0) is 13.7. The smallest absolute Gasteiger partial charge is 0.326 e. The molecule has 0 aromatic carbocycles. The molecule has 6 nitrogen and oxygen atoms in total. The van der Waals surface area contributed by atoms with E-state index in [4.69, 9.17) is 0 Å². The highest BCUT2D eigenvalue weighted by Gasteiger charge is 2.18. The first-order chi connectivity index (χ1) is 8.97. The summed E-state index contributed by atoms with van der Waals surface area (Å²) >= 11 is 0. The molecule has 0 fully saturated rings. The summed E-state index contributed by atoms with van der Waals surface area (Å²) in [5.41, 5.74) is -0.934. The van der Waals surface area contributed by atoms with Crippen molar-refractivity contribution in [1.29, 1.82) is 0 Å². The Balaban J connectivity index is 2.56. The summed E-state index contributed by atoms with van der Waals surface area (Å²) in [6.45, 7) is 4.23. The van der Waals surface area contributed by atoms with Crippen molar-refractivity contribution in [3.05, 3.63) is 31.5 Å². The molecule has 1 aliphatic carbocycles. The summed E-state index contributed by atoms with van der Waals surface area (Å²) < 4.78 is 1.76. The molecule has 19 heavy (non-hydrogen) atoms. The summed E-state index contributed by atoms with van der Waals surface area (Å²) in [4.78, 5) is 33.4. The molecule has 2 atom stereocenters. The quantitative estimate of drug-likeness (QED) is 0.644. The Kier molecular flexibility index (Phi) is 2.41. The Morgan fingerprint density at radius 2 is 1.84 bits per heavy atom. The molecule has 0 aromatic heterocycles. The van der Waals surface area contributed by atoms with Crippen LogP contribution in [0.2, 0.25) is 0 Å². The van der Waals surface area contributed by atoms with Crippen molar-refractivity contribution in [1.82, 2.24) is 19.5 Å². The van der Waals surface area contributed by atoms with Gasteiger partial charge >= 0.3 is 5.69 Å². The van der Waals surface area contributed by atoms with Crippen molar-refractivity contribution in [2.75, 3.05) is 0 Å². The van der Waals surface area contributed by atoms with E-state index in [-0.39, 0.29) is 5.69 Å². The van der Waals surface area contributed by atoms with Crippen molar-refractivity contribution in [3.8, 4) is 11.5 Å². The summed E-state index contributed by atoms with van der Waals surface area (Å²) in [5.74, 6) is 1.06. The lowest BCUT2D eigenvalue weighted by atomic mass is 9.92. The second-order valence-electron chi connectivity index (χ2n) is 5.04. The lowest BCUT2D eigenvalue weighted by Gasteiger charge is -2.19. The Hall–Kier alpha value is -2.24. The third kappa shape index (κ3) is 1.71. The largest absolute Gasteiger partial charge is 0.349 e. The monoisotopic (exact) mass is 258 g/mol. The van der Waals surface area contributed by atoms with Gasteiger partial charge in [-0.3, -0.25) is 9.78 Å². The Labute approximate surface area is 108 Å². The van der Waals surface area contributed by atoms with Gasteiger partial charge in [-0.05, 0) is 11.8 Å². The Morgan fingerprint density at radius 3 is 2.58 bits per heavy atom. The van der Waals surface area contributed by atoms with Crippen LogP contribution in [-0.4, -0.2) is 19.5 Å². The summed E-state index contributed by atoms with van der Waals surface area (Å²) in [5, 5.41) is 1.67. The standard InChI is InChI=1S/C13H14N4O2/c1-6-4-8-9(5-7(6)2)17(3)11-10(14-8)12(18)16-13(19)15-11/h4-7H,1-3H3,(H,16,18,19). The summed E-state index contributed by atoms with van der Waals surface area (Å²) in [6, 6.07) is 0. The molecule has 2 aliphatic heterocycles. The van der Waals surface area contributed by atoms with Crippen LogP contribution in [0, 0.1) is 11.8 Å². The zero-order valence-corrected chi connectivity index (χ0v) is 11.0. The number of hydrogen-bond acceptors (Lipinski definition) is 4. The normalized spacial score (nSPS) is 21.6. The zero-order valence-electron chi connectivity index (χ0n) is 11.0. The van der Waals surface area contributed by atoms with Gasteiger partial charge in [0.05, 0.1) is 10.7 Å². The molecule has 0 radical (unpaired) electrons. The molecule has 3 rings (SSSR count). The maximum absolute atomic E-state index is 11.8. The molecule has 98 valence electrons. The highest BCUT2D eigenvalue weighted by Crippen LogP contribution is 2.15. The van der Waals surface area contributed by atoms with Crippen LogP contribution in [0.1, 0.15) is 13.8 Å².